The van der Waals surface area contributed by atoms with Gasteiger partial charge >= 0.3 is 6.03 Å². The molecule has 4 N–H and O–H groups in total. The summed E-state index contributed by atoms with van der Waals surface area (Å²) >= 11 is 0. The smallest absolute Gasteiger partial charge is 0.314 e. The number of amides is 4. The fraction of sp³-hybridized carbons (Fsp3) is 0.438. The van der Waals surface area contributed by atoms with Crippen molar-refractivity contribution < 1.29 is 14.4 Å². The van der Waals surface area contributed by atoms with Crippen LogP contribution in [-0.4, -0.2) is 35.8 Å². The molecule has 2 rings (SSSR count). The first kappa shape index (κ1) is 16.8. The summed E-state index contributed by atoms with van der Waals surface area (Å²) in [6.45, 7) is 4.63. The van der Waals surface area contributed by atoms with Gasteiger partial charge in [-0.05, 0) is 38.3 Å². The molecule has 1 saturated heterocycles. The largest absolute Gasteiger partial charge is 0.351 e. The Labute approximate surface area is 135 Å². The zero-order valence-electron chi connectivity index (χ0n) is 13.4. The number of likely N-dealkylation sites (tertiary alicyclic amines) is 1. The molecule has 1 fully saturated rings. The van der Waals surface area contributed by atoms with E-state index >= 15 is 0 Å². The molecular weight excluding hydrogens is 296 g/mol. The van der Waals surface area contributed by atoms with Crippen LogP contribution in [-0.2, 0) is 4.79 Å². The summed E-state index contributed by atoms with van der Waals surface area (Å²) in [6, 6.07) is 4.95. The van der Waals surface area contributed by atoms with Gasteiger partial charge in [0.15, 0.2) is 0 Å². The van der Waals surface area contributed by atoms with Crippen LogP contribution in [0.15, 0.2) is 18.2 Å². The molecule has 4 amide bonds. The summed E-state index contributed by atoms with van der Waals surface area (Å²) in [5.74, 6) is -1.04. The van der Waals surface area contributed by atoms with Crippen molar-refractivity contribution in [3.8, 4) is 0 Å². The first-order valence-electron chi connectivity index (χ1n) is 7.60. The van der Waals surface area contributed by atoms with Crippen molar-refractivity contribution in [3.63, 3.8) is 0 Å². The second-order valence-corrected chi connectivity index (χ2v) is 5.89. The van der Waals surface area contributed by atoms with Crippen LogP contribution < -0.4 is 16.6 Å². The number of hydrogen-bond donors (Lipinski definition) is 3. The third kappa shape index (κ3) is 4.21. The highest BCUT2D eigenvalue weighted by atomic mass is 16.2. The number of hydrogen-bond acceptors (Lipinski definition) is 3. The minimum Gasteiger partial charge on any atom is -0.351 e. The number of piperidine rings is 1. The van der Waals surface area contributed by atoms with Gasteiger partial charge in [-0.1, -0.05) is 17.7 Å². The molecule has 1 heterocycles. The number of nitrogens with zero attached hydrogens (tertiary/aromatic N) is 1. The zero-order chi connectivity index (χ0) is 17.0. The molecule has 0 spiro atoms. The minimum absolute atomic E-state index is 0.278. The second kappa shape index (κ2) is 7.13. The quantitative estimate of drug-likeness (QED) is 0.704. The van der Waals surface area contributed by atoms with Crippen molar-refractivity contribution in [1.29, 1.82) is 0 Å². The highest BCUT2D eigenvalue weighted by Crippen LogP contribution is 2.16. The van der Waals surface area contributed by atoms with Gasteiger partial charge < -0.3 is 10.6 Å². The topological polar surface area (TPSA) is 105 Å². The van der Waals surface area contributed by atoms with Gasteiger partial charge in [0.05, 0.1) is 5.92 Å². The molecule has 7 nitrogen and oxygen atoms in total. The summed E-state index contributed by atoms with van der Waals surface area (Å²) in [7, 11) is 0. The second-order valence-electron chi connectivity index (χ2n) is 5.89. The minimum atomic E-state index is -0.526. The van der Waals surface area contributed by atoms with Crippen LogP contribution in [0.3, 0.4) is 0 Å². The van der Waals surface area contributed by atoms with Crippen LogP contribution in [0.25, 0.3) is 0 Å². The maximum atomic E-state index is 12.1. The van der Waals surface area contributed by atoms with Crippen LogP contribution in [0, 0.1) is 19.8 Å². The third-order valence-corrected chi connectivity index (χ3v) is 4.03. The molecule has 23 heavy (non-hydrogen) atoms. The number of nitrogens with two attached hydrogens (primary N) is 1. The normalized spacial score (nSPS) is 17.5. The van der Waals surface area contributed by atoms with Gasteiger partial charge in [0.2, 0.25) is 5.91 Å². The molecule has 7 heteroatoms. The maximum absolute atomic E-state index is 12.1. The van der Waals surface area contributed by atoms with Crippen molar-refractivity contribution in [2.75, 3.05) is 13.1 Å². The summed E-state index contributed by atoms with van der Waals surface area (Å²) < 4.78 is 0. The number of nitrogens with one attached hydrogen (secondary N) is 2. The Kier molecular flexibility index (Phi) is 5.20. The number of aryl methyl sites for hydroxylation is 2. The molecule has 1 aromatic rings. The van der Waals surface area contributed by atoms with E-state index in [1.807, 2.05) is 26.0 Å². The third-order valence-electron chi connectivity index (χ3n) is 4.03. The number of urea groups is 1. The lowest BCUT2D eigenvalue weighted by Gasteiger charge is -2.30. The molecule has 1 aliphatic heterocycles. The van der Waals surface area contributed by atoms with E-state index < -0.39 is 6.03 Å². The summed E-state index contributed by atoms with van der Waals surface area (Å²) in [5, 5.41) is 0. The van der Waals surface area contributed by atoms with Crippen LogP contribution in [0.1, 0.15) is 34.3 Å². The van der Waals surface area contributed by atoms with E-state index in [9.17, 15) is 14.4 Å². The molecule has 0 saturated carbocycles. The van der Waals surface area contributed by atoms with E-state index in [-0.39, 0.29) is 24.3 Å². The van der Waals surface area contributed by atoms with Crippen LogP contribution in [0.4, 0.5) is 4.79 Å². The van der Waals surface area contributed by atoms with Crippen LogP contribution >= 0.6 is 0 Å². The molecule has 1 aromatic carbocycles. The molecule has 124 valence electrons. The highest BCUT2D eigenvalue weighted by Gasteiger charge is 2.27. The number of carbonyl (C=O) groups excluding carboxylic acids is 3. The molecular formula is C16H22N4O3. The maximum Gasteiger partial charge on any atom is 0.314 e. The molecule has 0 unspecified atom stereocenters. The average molecular weight is 318 g/mol. The van der Waals surface area contributed by atoms with Crippen molar-refractivity contribution in [2.45, 2.75) is 26.7 Å². The van der Waals surface area contributed by atoms with Gasteiger partial charge in [0.1, 0.15) is 0 Å². The number of rotatable bonds is 2. The lowest BCUT2D eigenvalue weighted by Crippen LogP contribution is -2.51. The number of carbonyl (C=O) groups is 3. The van der Waals surface area contributed by atoms with Crippen molar-refractivity contribution in [3.05, 3.63) is 34.9 Å². The Balaban J connectivity index is 1.91. The van der Waals surface area contributed by atoms with Gasteiger partial charge in [-0.25, -0.2) is 4.79 Å². The van der Waals surface area contributed by atoms with E-state index in [1.165, 1.54) is 4.90 Å². The lowest BCUT2D eigenvalue weighted by atomic mass is 9.98. The molecule has 1 aliphatic rings. The van der Waals surface area contributed by atoms with Gasteiger partial charge in [0.25, 0.3) is 5.91 Å². The summed E-state index contributed by atoms with van der Waals surface area (Å²) in [4.78, 5) is 36.9. The van der Waals surface area contributed by atoms with Gasteiger partial charge in [-0.15, -0.1) is 0 Å². The Morgan fingerprint density at radius 3 is 2.61 bits per heavy atom. The molecule has 0 aromatic heterocycles. The van der Waals surface area contributed by atoms with Crippen LogP contribution in [0.2, 0.25) is 0 Å². The number of primary amides is 1. The Bertz CT molecular complexity index is 630. The average Bonchev–Trinajstić information content (AvgIpc) is 2.52. The fourth-order valence-electron chi connectivity index (χ4n) is 2.75. The monoisotopic (exact) mass is 318 g/mol. The molecule has 0 aliphatic carbocycles. The van der Waals surface area contributed by atoms with Crippen molar-refractivity contribution >= 4 is 17.8 Å². The molecule has 0 bridgehead atoms. The Hall–Kier alpha value is -2.57. The van der Waals surface area contributed by atoms with E-state index in [2.05, 4.69) is 10.9 Å². The SMILES string of the molecule is Cc1ccc(C(=O)NNC(=O)[C@@H]2CCCN(C(N)=O)C2)c(C)c1. The van der Waals surface area contributed by atoms with Gasteiger partial charge in [-0.2, -0.15) is 0 Å². The zero-order valence-corrected chi connectivity index (χ0v) is 13.4. The predicted octanol–water partition coefficient (Wildman–Crippen LogP) is 0.855. The Morgan fingerprint density at radius 2 is 1.96 bits per heavy atom. The first-order chi connectivity index (χ1) is 10.9. The molecule has 1 atom stereocenters. The van der Waals surface area contributed by atoms with E-state index in [1.54, 1.807) is 6.07 Å². The van der Waals surface area contributed by atoms with Gasteiger partial charge in [0, 0.05) is 18.7 Å². The highest BCUT2D eigenvalue weighted by molar-refractivity contribution is 5.96. The van der Waals surface area contributed by atoms with E-state index in [4.69, 9.17) is 5.73 Å². The Morgan fingerprint density at radius 1 is 1.22 bits per heavy atom. The number of hydrazine groups is 1. The van der Waals surface area contributed by atoms with Crippen LogP contribution in [0.5, 0.6) is 0 Å². The summed E-state index contributed by atoms with van der Waals surface area (Å²) in [6.07, 6.45) is 1.38. The summed E-state index contributed by atoms with van der Waals surface area (Å²) in [5.41, 5.74) is 12.5. The first-order valence-corrected chi connectivity index (χ1v) is 7.60. The predicted molar refractivity (Wildman–Crippen MR) is 85.4 cm³/mol. The number of benzene rings is 1. The lowest BCUT2D eigenvalue weighted by molar-refractivity contribution is -0.127. The van der Waals surface area contributed by atoms with Crippen molar-refractivity contribution in [2.24, 2.45) is 11.7 Å². The van der Waals surface area contributed by atoms with E-state index in [0.29, 0.717) is 24.9 Å². The van der Waals surface area contributed by atoms with Crippen molar-refractivity contribution in [1.82, 2.24) is 15.8 Å². The van der Waals surface area contributed by atoms with Gasteiger partial charge in [-0.3, -0.25) is 20.4 Å². The van der Waals surface area contributed by atoms with E-state index in [0.717, 1.165) is 11.1 Å². The molecule has 0 radical (unpaired) electrons. The standard InChI is InChI=1S/C16H22N4O3/c1-10-5-6-13(11(2)8-10)15(22)19-18-14(21)12-4-3-7-20(9-12)16(17)23/h5-6,8,12H,3-4,7,9H2,1-2H3,(H2,17,23)(H,18,21)(H,19,22)/t12-/m1/s1. The fourth-order valence-corrected chi connectivity index (χ4v) is 2.75.